The van der Waals surface area contributed by atoms with Gasteiger partial charge in [0.05, 0.1) is 17.3 Å². The van der Waals surface area contributed by atoms with Gasteiger partial charge in [0, 0.05) is 16.0 Å². The Morgan fingerprint density at radius 3 is 2.84 bits per heavy atom. The average Bonchev–Trinajstić information content (AvgIpc) is 2.85. The molecule has 5 heteroatoms. The first kappa shape index (κ1) is 13.9. The molecule has 98 valence electrons. The summed E-state index contributed by atoms with van der Waals surface area (Å²) in [5.74, 6) is 0. The van der Waals surface area contributed by atoms with Gasteiger partial charge >= 0.3 is 0 Å². The number of nitriles is 1. The molecular formula is C14H15N3S2. The molecule has 0 bridgehead atoms. The number of thiazole rings is 1. The van der Waals surface area contributed by atoms with Crippen LogP contribution in [0.25, 0.3) is 0 Å². The van der Waals surface area contributed by atoms with Crippen molar-refractivity contribution >= 4 is 28.8 Å². The van der Waals surface area contributed by atoms with Crippen LogP contribution in [-0.2, 0) is 0 Å². The van der Waals surface area contributed by atoms with Gasteiger partial charge in [0.2, 0.25) is 0 Å². The molecule has 0 aliphatic rings. The lowest BCUT2D eigenvalue weighted by molar-refractivity contribution is 0.868. The van der Waals surface area contributed by atoms with Gasteiger partial charge in [-0.1, -0.05) is 6.07 Å². The molecule has 0 spiro atoms. The van der Waals surface area contributed by atoms with Crippen LogP contribution in [0.1, 0.15) is 28.4 Å². The van der Waals surface area contributed by atoms with E-state index in [4.69, 9.17) is 0 Å². The van der Waals surface area contributed by atoms with Crippen molar-refractivity contribution in [3.63, 3.8) is 0 Å². The van der Waals surface area contributed by atoms with E-state index in [0.717, 1.165) is 15.6 Å². The Bertz CT molecular complexity index is 613. The fourth-order valence-electron chi connectivity index (χ4n) is 1.80. The molecule has 0 aliphatic carbocycles. The van der Waals surface area contributed by atoms with Gasteiger partial charge in [-0.25, -0.2) is 4.98 Å². The van der Waals surface area contributed by atoms with Gasteiger partial charge in [0.1, 0.15) is 11.1 Å². The van der Waals surface area contributed by atoms with Crippen LogP contribution < -0.4 is 5.32 Å². The Morgan fingerprint density at radius 1 is 1.47 bits per heavy atom. The third kappa shape index (κ3) is 3.09. The predicted molar refractivity (Wildman–Crippen MR) is 81.8 cm³/mol. The van der Waals surface area contributed by atoms with Crippen LogP contribution in [0.3, 0.4) is 0 Å². The quantitative estimate of drug-likeness (QED) is 0.856. The second kappa shape index (κ2) is 6.09. The van der Waals surface area contributed by atoms with Crippen LogP contribution in [0.15, 0.2) is 29.3 Å². The second-order valence-electron chi connectivity index (χ2n) is 4.17. The maximum atomic E-state index is 9.30. The molecule has 1 aromatic carbocycles. The van der Waals surface area contributed by atoms with Crippen molar-refractivity contribution in [2.75, 3.05) is 11.6 Å². The highest BCUT2D eigenvalue weighted by molar-refractivity contribution is 7.98. The lowest BCUT2D eigenvalue weighted by atomic mass is 10.2. The van der Waals surface area contributed by atoms with Gasteiger partial charge in [-0.2, -0.15) is 5.26 Å². The molecule has 1 unspecified atom stereocenters. The fraction of sp³-hybridized carbons (Fsp3) is 0.286. The molecule has 3 nitrogen and oxygen atoms in total. The molecular weight excluding hydrogens is 274 g/mol. The minimum atomic E-state index is 0.0999. The summed E-state index contributed by atoms with van der Waals surface area (Å²) in [6, 6.07) is 8.25. The SMILES string of the molecule is CSc1cccc(NC(C)c2ncc(C)s2)c1C#N. The van der Waals surface area contributed by atoms with Crippen molar-refractivity contribution in [1.82, 2.24) is 4.98 Å². The number of anilines is 1. The van der Waals surface area contributed by atoms with Gasteiger partial charge in [-0.05, 0) is 32.2 Å². The van der Waals surface area contributed by atoms with Gasteiger partial charge < -0.3 is 5.32 Å². The third-order valence-corrected chi connectivity index (χ3v) is 4.62. The number of aryl methyl sites for hydroxylation is 1. The molecule has 1 aromatic heterocycles. The van der Waals surface area contributed by atoms with Crippen LogP contribution in [0.5, 0.6) is 0 Å². The third-order valence-electron chi connectivity index (χ3n) is 2.74. The number of thioether (sulfide) groups is 1. The number of hydrogen-bond acceptors (Lipinski definition) is 5. The Morgan fingerprint density at radius 2 is 2.26 bits per heavy atom. The Labute approximate surface area is 121 Å². The molecule has 19 heavy (non-hydrogen) atoms. The molecule has 0 radical (unpaired) electrons. The highest BCUT2D eigenvalue weighted by Crippen LogP contribution is 2.29. The van der Waals surface area contributed by atoms with E-state index in [9.17, 15) is 5.26 Å². The number of benzene rings is 1. The van der Waals surface area contributed by atoms with E-state index >= 15 is 0 Å². The summed E-state index contributed by atoms with van der Waals surface area (Å²) in [5.41, 5.74) is 1.57. The summed E-state index contributed by atoms with van der Waals surface area (Å²) in [4.78, 5) is 6.57. The summed E-state index contributed by atoms with van der Waals surface area (Å²) >= 11 is 3.26. The molecule has 1 N–H and O–H groups in total. The van der Waals surface area contributed by atoms with E-state index in [2.05, 4.69) is 23.3 Å². The van der Waals surface area contributed by atoms with Gasteiger partial charge in [-0.3, -0.25) is 0 Å². The molecule has 0 aliphatic heterocycles. The molecule has 0 saturated heterocycles. The zero-order valence-electron chi connectivity index (χ0n) is 11.1. The van der Waals surface area contributed by atoms with E-state index in [0.29, 0.717) is 5.56 Å². The zero-order chi connectivity index (χ0) is 13.8. The Hall–Kier alpha value is -1.51. The maximum Gasteiger partial charge on any atom is 0.115 e. The number of rotatable bonds is 4. The van der Waals surface area contributed by atoms with Crippen LogP contribution in [0.2, 0.25) is 0 Å². The van der Waals surface area contributed by atoms with Crippen molar-refractivity contribution in [1.29, 1.82) is 5.26 Å². The summed E-state index contributed by atoms with van der Waals surface area (Å²) in [5, 5.41) is 13.7. The van der Waals surface area contributed by atoms with E-state index in [-0.39, 0.29) is 6.04 Å². The van der Waals surface area contributed by atoms with Gasteiger partial charge in [-0.15, -0.1) is 23.1 Å². The summed E-state index contributed by atoms with van der Waals surface area (Å²) in [7, 11) is 0. The van der Waals surface area contributed by atoms with E-state index in [1.165, 1.54) is 4.88 Å². The van der Waals surface area contributed by atoms with Crippen LogP contribution in [0.4, 0.5) is 5.69 Å². The topological polar surface area (TPSA) is 48.7 Å². The first-order chi connectivity index (χ1) is 9.15. The van der Waals surface area contributed by atoms with E-state index in [1.54, 1.807) is 23.1 Å². The monoisotopic (exact) mass is 289 g/mol. The van der Waals surface area contributed by atoms with Crippen molar-refractivity contribution in [3.8, 4) is 6.07 Å². The van der Waals surface area contributed by atoms with E-state index in [1.807, 2.05) is 37.6 Å². The average molecular weight is 289 g/mol. The van der Waals surface area contributed by atoms with Crippen molar-refractivity contribution < 1.29 is 0 Å². The number of nitrogens with zero attached hydrogens (tertiary/aromatic N) is 2. The fourth-order valence-corrected chi connectivity index (χ4v) is 3.15. The highest BCUT2D eigenvalue weighted by atomic mass is 32.2. The lowest BCUT2D eigenvalue weighted by Crippen LogP contribution is -2.07. The molecule has 2 aromatic rings. The molecule has 0 amide bonds. The maximum absolute atomic E-state index is 9.30. The first-order valence-electron chi connectivity index (χ1n) is 5.91. The van der Waals surface area contributed by atoms with Gasteiger partial charge in [0.15, 0.2) is 0 Å². The van der Waals surface area contributed by atoms with Crippen molar-refractivity contribution in [3.05, 3.63) is 39.8 Å². The lowest BCUT2D eigenvalue weighted by Gasteiger charge is -2.15. The minimum absolute atomic E-state index is 0.0999. The largest absolute Gasteiger partial charge is 0.375 e. The molecule has 0 fully saturated rings. The smallest absolute Gasteiger partial charge is 0.115 e. The van der Waals surface area contributed by atoms with Crippen molar-refractivity contribution in [2.45, 2.75) is 24.8 Å². The Kier molecular flexibility index (Phi) is 4.46. The highest BCUT2D eigenvalue weighted by Gasteiger charge is 2.13. The van der Waals surface area contributed by atoms with Crippen LogP contribution in [-0.4, -0.2) is 11.2 Å². The molecule has 1 heterocycles. The first-order valence-corrected chi connectivity index (χ1v) is 7.95. The number of aromatic nitrogens is 1. The summed E-state index contributed by atoms with van der Waals surface area (Å²) < 4.78 is 0. The number of hydrogen-bond donors (Lipinski definition) is 1. The molecule has 0 saturated carbocycles. The zero-order valence-corrected chi connectivity index (χ0v) is 12.7. The van der Waals surface area contributed by atoms with Crippen LogP contribution in [0, 0.1) is 18.3 Å². The normalized spacial score (nSPS) is 11.9. The standard InChI is InChI=1S/C14H15N3S2/c1-9-8-16-14(19-9)10(2)17-12-5-4-6-13(18-3)11(12)7-15/h4-6,8,10,17H,1-3H3. The van der Waals surface area contributed by atoms with Crippen molar-refractivity contribution in [2.24, 2.45) is 0 Å². The number of nitrogens with one attached hydrogen (secondary N) is 1. The minimum Gasteiger partial charge on any atom is -0.375 e. The van der Waals surface area contributed by atoms with Gasteiger partial charge in [0.25, 0.3) is 0 Å². The predicted octanol–water partition coefficient (Wildman–Crippen LogP) is 4.22. The molecule has 2 rings (SSSR count). The van der Waals surface area contributed by atoms with E-state index < -0.39 is 0 Å². The molecule has 1 atom stereocenters. The Balaban J connectivity index is 2.26. The summed E-state index contributed by atoms with van der Waals surface area (Å²) in [6.45, 7) is 4.11. The second-order valence-corrected chi connectivity index (χ2v) is 6.28. The van der Waals surface area contributed by atoms with Crippen LogP contribution >= 0.6 is 23.1 Å². The summed E-state index contributed by atoms with van der Waals surface area (Å²) in [6.07, 6.45) is 3.86.